The molecular weight excluding hydrogens is 436 g/mol. The molecule has 7 heteroatoms. The number of hydrogen-bond donors (Lipinski definition) is 4. The SMILES string of the molecule is C[n+]1ccc(Nc2cccc(C(=O)Nc3ccc(Nc4ccnc5cc(N)ccc45)cc3)c2)cc1. The maximum atomic E-state index is 12.8. The Labute approximate surface area is 203 Å². The highest BCUT2D eigenvalue weighted by Crippen LogP contribution is 2.27. The average Bonchev–Trinajstić information content (AvgIpc) is 2.87. The molecule has 0 saturated carbocycles. The molecule has 0 spiro atoms. The first kappa shape index (κ1) is 21.9. The van der Waals surface area contributed by atoms with E-state index in [9.17, 15) is 4.79 Å². The molecule has 0 unspecified atom stereocenters. The van der Waals surface area contributed by atoms with Crippen LogP contribution < -0.4 is 26.3 Å². The van der Waals surface area contributed by atoms with Crippen molar-refractivity contribution >= 4 is 50.9 Å². The largest absolute Gasteiger partial charge is 0.399 e. The molecule has 2 heterocycles. The van der Waals surface area contributed by atoms with Gasteiger partial charge in [-0.3, -0.25) is 9.78 Å². The molecule has 0 radical (unpaired) electrons. The van der Waals surface area contributed by atoms with Gasteiger partial charge in [0.05, 0.1) is 11.2 Å². The molecule has 7 nitrogen and oxygen atoms in total. The van der Waals surface area contributed by atoms with Crippen LogP contribution in [-0.2, 0) is 7.05 Å². The van der Waals surface area contributed by atoms with Crippen LogP contribution in [0.15, 0.2) is 104 Å². The first-order valence-corrected chi connectivity index (χ1v) is 11.2. The molecule has 35 heavy (non-hydrogen) atoms. The van der Waals surface area contributed by atoms with Gasteiger partial charge in [0.15, 0.2) is 12.4 Å². The third kappa shape index (κ3) is 5.20. The molecule has 1 amide bonds. The molecular formula is C28H25N6O+. The molecule has 0 aliphatic rings. The van der Waals surface area contributed by atoms with Crippen LogP contribution in [-0.4, -0.2) is 10.9 Å². The summed E-state index contributed by atoms with van der Waals surface area (Å²) in [6.45, 7) is 0. The number of pyridine rings is 2. The minimum atomic E-state index is -0.175. The summed E-state index contributed by atoms with van der Waals surface area (Å²) in [5.41, 5.74) is 12.3. The van der Waals surface area contributed by atoms with Crippen molar-refractivity contribution in [2.24, 2.45) is 7.05 Å². The lowest BCUT2D eigenvalue weighted by Gasteiger charge is -2.11. The quantitative estimate of drug-likeness (QED) is 0.201. The van der Waals surface area contributed by atoms with Gasteiger partial charge in [-0.25, -0.2) is 4.57 Å². The Morgan fingerprint density at radius 3 is 2.34 bits per heavy atom. The number of fused-ring (bicyclic) bond motifs is 1. The summed E-state index contributed by atoms with van der Waals surface area (Å²) < 4.78 is 1.96. The number of benzene rings is 3. The van der Waals surface area contributed by atoms with Crippen LogP contribution in [0.1, 0.15) is 10.4 Å². The van der Waals surface area contributed by atoms with E-state index in [1.807, 2.05) is 103 Å². The summed E-state index contributed by atoms with van der Waals surface area (Å²) >= 11 is 0. The summed E-state index contributed by atoms with van der Waals surface area (Å²) in [5.74, 6) is -0.175. The predicted octanol–water partition coefficient (Wildman–Crippen LogP) is 5.38. The van der Waals surface area contributed by atoms with Gasteiger partial charge in [0.1, 0.15) is 7.05 Å². The molecule has 0 saturated heterocycles. The fraction of sp³-hybridized carbons (Fsp3) is 0.0357. The average molecular weight is 462 g/mol. The van der Waals surface area contributed by atoms with Gasteiger partial charge >= 0.3 is 0 Å². The second kappa shape index (κ2) is 9.52. The van der Waals surface area contributed by atoms with Crippen molar-refractivity contribution in [3.05, 3.63) is 109 Å². The van der Waals surface area contributed by atoms with Crippen molar-refractivity contribution in [3.8, 4) is 0 Å². The van der Waals surface area contributed by atoms with E-state index in [-0.39, 0.29) is 5.91 Å². The lowest BCUT2D eigenvalue weighted by atomic mass is 10.1. The number of amides is 1. The second-order valence-corrected chi connectivity index (χ2v) is 8.25. The van der Waals surface area contributed by atoms with E-state index in [4.69, 9.17) is 5.73 Å². The molecule has 0 atom stereocenters. The number of nitrogens with two attached hydrogens (primary N) is 1. The number of carbonyl (C=O) groups is 1. The van der Waals surface area contributed by atoms with E-state index >= 15 is 0 Å². The monoisotopic (exact) mass is 461 g/mol. The van der Waals surface area contributed by atoms with Crippen LogP contribution in [0.5, 0.6) is 0 Å². The number of nitrogens with zero attached hydrogens (tertiary/aromatic N) is 2. The van der Waals surface area contributed by atoms with Gasteiger partial charge in [0.2, 0.25) is 0 Å². The fourth-order valence-corrected chi connectivity index (χ4v) is 3.76. The fourth-order valence-electron chi connectivity index (χ4n) is 3.76. The van der Waals surface area contributed by atoms with Crippen LogP contribution in [0.4, 0.5) is 34.1 Å². The van der Waals surface area contributed by atoms with Crippen molar-refractivity contribution in [2.75, 3.05) is 21.7 Å². The van der Waals surface area contributed by atoms with Crippen molar-refractivity contribution in [2.45, 2.75) is 0 Å². The first-order chi connectivity index (χ1) is 17.0. The number of carbonyl (C=O) groups excluding carboxylic acids is 1. The maximum Gasteiger partial charge on any atom is 0.255 e. The minimum Gasteiger partial charge on any atom is -0.399 e. The van der Waals surface area contributed by atoms with Crippen LogP contribution in [0.3, 0.4) is 0 Å². The molecule has 0 bridgehead atoms. The number of nitrogen functional groups attached to an aromatic ring is 1. The van der Waals surface area contributed by atoms with Crippen LogP contribution >= 0.6 is 0 Å². The normalized spacial score (nSPS) is 10.7. The van der Waals surface area contributed by atoms with E-state index in [0.29, 0.717) is 16.9 Å². The van der Waals surface area contributed by atoms with Gasteiger partial charge in [-0.15, -0.1) is 0 Å². The summed E-state index contributed by atoms with van der Waals surface area (Å²) in [5, 5.41) is 10.7. The van der Waals surface area contributed by atoms with Crippen molar-refractivity contribution in [1.29, 1.82) is 0 Å². The van der Waals surface area contributed by atoms with E-state index in [2.05, 4.69) is 20.9 Å². The standard InChI is InChI=1S/C28H24N6O/c1-34-15-12-23(13-16-34)31-24-4-2-3-19(17-24)28(35)33-22-8-6-21(7-9-22)32-26-11-14-30-27-18-20(29)5-10-25(26)27/h2-18H,1H3,(H4,29,30,32,33,35)/p+1. The Morgan fingerprint density at radius 1 is 0.800 bits per heavy atom. The van der Waals surface area contributed by atoms with E-state index in [0.717, 1.165) is 33.7 Å². The number of nitrogens with one attached hydrogen (secondary N) is 3. The van der Waals surface area contributed by atoms with Gasteiger partial charge in [-0.2, -0.15) is 0 Å². The first-order valence-electron chi connectivity index (χ1n) is 11.2. The van der Waals surface area contributed by atoms with Gasteiger partial charge in [0, 0.05) is 57.7 Å². The van der Waals surface area contributed by atoms with Crippen molar-refractivity contribution in [3.63, 3.8) is 0 Å². The summed E-state index contributed by atoms with van der Waals surface area (Å²) in [6.07, 6.45) is 5.67. The highest BCUT2D eigenvalue weighted by Gasteiger charge is 2.08. The van der Waals surface area contributed by atoms with Gasteiger partial charge in [0.25, 0.3) is 5.91 Å². The summed E-state index contributed by atoms with van der Waals surface area (Å²) in [4.78, 5) is 17.2. The molecule has 5 aromatic rings. The van der Waals surface area contributed by atoms with Crippen molar-refractivity contribution in [1.82, 2.24) is 4.98 Å². The Bertz CT molecular complexity index is 1500. The lowest BCUT2D eigenvalue weighted by Crippen LogP contribution is -2.25. The number of rotatable bonds is 6. The van der Waals surface area contributed by atoms with Gasteiger partial charge in [-0.05, 0) is 66.7 Å². The smallest absolute Gasteiger partial charge is 0.255 e. The van der Waals surface area contributed by atoms with Gasteiger partial charge in [-0.1, -0.05) is 6.07 Å². The lowest BCUT2D eigenvalue weighted by molar-refractivity contribution is -0.671. The van der Waals surface area contributed by atoms with E-state index in [1.165, 1.54) is 0 Å². The minimum absolute atomic E-state index is 0.175. The molecule has 3 aromatic carbocycles. The zero-order valence-corrected chi connectivity index (χ0v) is 19.2. The van der Waals surface area contributed by atoms with Gasteiger partial charge < -0.3 is 21.7 Å². The highest BCUT2D eigenvalue weighted by molar-refractivity contribution is 6.05. The maximum absolute atomic E-state index is 12.8. The van der Waals surface area contributed by atoms with E-state index in [1.54, 1.807) is 12.3 Å². The van der Waals surface area contributed by atoms with Crippen LogP contribution in [0.25, 0.3) is 10.9 Å². The predicted molar refractivity (Wildman–Crippen MR) is 141 cm³/mol. The molecule has 2 aromatic heterocycles. The molecule has 172 valence electrons. The number of aromatic nitrogens is 2. The molecule has 5 rings (SSSR count). The Balaban J connectivity index is 1.26. The zero-order valence-electron chi connectivity index (χ0n) is 19.2. The number of hydrogen-bond acceptors (Lipinski definition) is 5. The summed E-state index contributed by atoms with van der Waals surface area (Å²) in [7, 11) is 1.97. The van der Waals surface area contributed by atoms with Crippen LogP contribution in [0.2, 0.25) is 0 Å². The molecule has 0 aliphatic heterocycles. The third-order valence-corrected chi connectivity index (χ3v) is 5.58. The zero-order chi connectivity index (χ0) is 24.2. The Kier molecular flexibility index (Phi) is 5.96. The van der Waals surface area contributed by atoms with E-state index < -0.39 is 0 Å². The number of aryl methyl sites for hydroxylation is 1. The molecule has 0 fully saturated rings. The second-order valence-electron chi connectivity index (χ2n) is 8.25. The molecule has 5 N–H and O–H groups in total. The molecule has 0 aliphatic carbocycles. The topological polar surface area (TPSA) is 96.0 Å². The third-order valence-electron chi connectivity index (χ3n) is 5.58. The van der Waals surface area contributed by atoms with Crippen LogP contribution in [0, 0.1) is 0 Å². The van der Waals surface area contributed by atoms with Crippen molar-refractivity contribution < 1.29 is 9.36 Å². The highest BCUT2D eigenvalue weighted by atomic mass is 16.1. The Morgan fingerprint density at radius 2 is 1.54 bits per heavy atom. The summed E-state index contributed by atoms with van der Waals surface area (Å²) in [6, 6.07) is 26.5. The number of anilines is 6. The Hall–Kier alpha value is -4.91.